The average Bonchev–Trinajstić information content (AvgIpc) is 3.32. The van der Waals surface area contributed by atoms with E-state index in [1.54, 1.807) is 12.1 Å². The molecular weight excluding hydrogens is 585 g/mol. The van der Waals surface area contributed by atoms with Crippen LogP contribution >= 0.6 is 0 Å². The van der Waals surface area contributed by atoms with Gasteiger partial charge in [0, 0.05) is 12.5 Å². The summed E-state index contributed by atoms with van der Waals surface area (Å²) in [7, 11) is -3.50. The summed E-state index contributed by atoms with van der Waals surface area (Å²) in [5, 5.41) is 9.98. The van der Waals surface area contributed by atoms with Gasteiger partial charge in [0.25, 0.3) is 0 Å². The van der Waals surface area contributed by atoms with Crippen LogP contribution in [0.1, 0.15) is 93.7 Å². The van der Waals surface area contributed by atoms with E-state index in [2.05, 4.69) is 4.90 Å². The van der Waals surface area contributed by atoms with E-state index in [4.69, 9.17) is 0 Å². The van der Waals surface area contributed by atoms with Crippen molar-refractivity contribution in [1.82, 2.24) is 4.90 Å². The van der Waals surface area contributed by atoms with Crippen molar-refractivity contribution in [2.45, 2.75) is 95.7 Å². The first-order valence-corrected chi connectivity index (χ1v) is 17.2. The first kappa shape index (κ1) is 33.4. The quantitative estimate of drug-likeness (QED) is 0.169. The molecule has 0 radical (unpaired) electrons. The van der Waals surface area contributed by atoms with E-state index < -0.39 is 34.0 Å². The number of aromatic hydroxyl groups is 1. The fourth-order valence-corrected chi connectivity index (χ4v) is 7.93. The number of nitrogens with zero attached hydrogens (tertiary/aromatic N) is 1. The van der Waals surface area contributed by atoms with Gasteiger partial charge < -0.3 is 10.0 Å². The smallest absolute Gasteiger partial charge is 0.389 e. The van der Waals surface area contributed by atoms with E-state index in [1.807, 2.05) is 0 Å². The van der Waals surface area contributed by atoms with E-state index in [0.29, 0.717) is 6.42 Å². The molecule has 2 aromatic rings. The molecule has 0 saturated carbocycles. The average molecular weight is 628 g/mol. The third-order valence-corrected chi connectivity index (χ3v) is 10.5. The van der Waals surface area contributed by atoms with Gasteiger partial charge in [-0.05, 0) is 129 Å². The van der Waals surface area contributed by atoms with Crippen molar-refractivity contribution in [3.8, 4) is 5.75 Å². The summed E-state index contributed by atoms with van der Waals surface area (Å²) < 4.78 is 89.8. The largest absolute Gasteiger partial charge is 0.505 e. The summed E-state index contributed by atoms with van der Waals surface area (Å²) in [5.41, 5.74) is 4.82. The van der Waals surface area contributed by atoms with E-state index in [9.17, 15) is 35.5 Å². The van der Waals surface area contributed by atoms with Gasteiger partial charge in [0.2, 0.25) is 0 Å². The first-order valence-electron chi connectivity index (χ1n) is 15.4. The Kier molecular flexibility index (Phi) is 11.7. The Labute approximate surface area is 251 Å². The number of allylic oxidation sites excluding steroid dienone is 2. The molecule has 1 saturated heterocycles. The Bertz CT molecular complexity index is 1360. The molecule has 0 unspecified atom stereocenters. The van der Waals surface area contributed by atoms with Gasteiger partial charge in [-0.25, -0.2) is 17.2 Å². The van der Waals surface area contributed by atoms with Crippen molar-refractivity contribution in [3.63, 3.8) is 0 Å². The lowest BCUT2D eigenvalue weighted by atomic mass is 9.89. The van der Waals surface area contributed by atoms with Crippen molar-refractivity contribution in [2.24, 2.45) is 0 Å². The number of benzene rings is 2. The van der Waals surface area contributed by atoms with E-state index >= 15 is 0 Å². The number of hydrogen-bond acceptors (Lipinski definition) is 4. The zero-order valence-corrected chi connectivity index (χ0v) is 25.4. The molecule has 43 heavy (non-hydrogen) atoms. The lowest BCUT2D eigenvalue weighted by Crippen LogP contribution is -2.32. The molecule has 0 spiro atoms. The number of hydrogen-bond donors (Lipinski definition) is 1. The fourth-order valence-electron chi connectivity index (χ4n) is 6.51. The third kappa shape index (κ3) is 10.0. The highest BCUT2D eigenvalue weighted by Gasteiger charge is 2.29. The van der Waals surface area contributed by atoms with Crippen LogP contribution in [0.15, 0.2) is 36.4 Å². The number of likely N-dealkylation sites (tertiary alicyclic amines) is 1. The maximum atomic E-state index is 14.5. The van der Waals surface area contributed by atoms with Gasteiger partial charge in [0.1, 0.15) is 15.7 Å². The summed E-state index contributed by atoms with van der Waals surface area (Å²) in [6, 6.07) is 9.53. The second kappa shape index (κ2) is 15.0. The molecule has 10 heteroatoms. The normalized spacial score (nSPS) is 18.2. The van der Waals surface area contributed by atoms with Gasteiger partial charge >= 0.3 is 6.18 Å². The number of alkyl halides is 3. The SMILES string of the molecule is O=S(=O)(CCCC(F)(F)F)CC[C@@H]1CCCN1CCCCCCC1=C(c2ccc(F)cc2)CCCc2cc(O)c(F)cc21. The van der Waals surface area contributed by atoms with Crippen LogP contribution in [0.5, 0.6) is 5.75 Å². The molecule has 1 aliphatic heterocycles. The summed E-state index contributed by atoms with van der Waals surface area (Å²) in [6.07, 6.45) is 3.45. The molecule has 1 fully saturated rings. The molecule has 2 aromatic carbocycles. The van der Waals surface area contributed by atoms with Gasteiger partial charge in [-0.3, -0.25) is 0 Å². The molecule has 4 rings (SSSR count). The second-order valence-electron chi connectivity index (χ2n) is 11.9. The summed E-state index contributed by atoms with van der Waals surface area (Å²) in [5.74, 6) is -1.79. The lowest BCUT2D eigenvalue weighted by Gasteiger charge is -2.24. The topological polar surface area (TPSA) is 57.6 Å². The van der Waals surface area contributed by atoms with Crippen LogP contribution < -0.4 is 0 Å². The van der Waals surface area contributed by atoms with Crippen molar-refractivity contribution >= 4 is 21.0 Å². The number of halogens is 5. The highest BCUT2D eigenvalue weighted by atomic mass is 32.2. The lowest BCUT2D eigenvalue weighted by molar-refractivity contribution is -0.134. The molecule has 1 N–H and O–H groups in total. The van der Waals surface area contributed by atoms with Crippen LogP contribution in [0.2, 0.25) is 0 Å². The molecule has 1 atom stereocenters. The summed E-state index contributed by atoms with van der Waals surface area (Å²) >= 11 is 0. The monoisotopic (exact) mass is 627 g/mol. The predicted molar refractivity (Wildman–Crippen MR) is 160 cm³/mol. The van der Waals surface area contributed by atoms with Gasteiger partial charge in [-0.2, -0.15) is 13.2 Å². The maximum Gasteiger partial charge on any atom is 0.389 e. The minimum Gasteiger partial charge on any atom is -0.505 e. The van der Waals surface area contributed by atoms with Crippen LogP contribution in [0.3, 0.4) is 0 Å². The van der Waals surface area contributed by atoms with Gasteiger partial charge in [-0.15, -0.1) is 0 Å². The highest BCUT2D eigenvalue weighted by molar-refractivity contribution is 7.91. The van der Waals surface area contributed by atoms with Crippen LogP contribution in [0.25, 0.3) is 11.1 Å². The number of sulfone groups is 1. The van der Waals surface area contributed by atoms with Crippen molar-refractivity contribution in [2.75, 3.05) is 24.6 Å². The zero-order valence-electron chi connectivity index (χ0n) is 24.6. The highest BCUT2D eigenvalue weighted by Crippen LogP contribution is 2.40. The minimum absolute atomic E-state index is 0.0721. The fraction of sp³-hybridized carbons (Fsp3) is 0.576. The molecule has 238 valence electrons. The van der Waals surface area contributed by atoms with Crippen molar-refractivity contribution in [3.05, 3.63) is 64.7 Å². The van der Waals surface area contributed by atoms with Gasteiger partial charge in [0.05, 0.1) is 11.5 Å². The zero-order chi connectivity index (χ0) is 31.0. The van der Waals surface area contributed by atoms with E-state index in [-0.39, 0.29) is 29.8 Å². The van der Waals surface area contributed by atoms with E-state index in [0.717, 1.165) is 105 Å². The molecule has 2 aliphatic rings. The van der Waals surface area contributed by atoms with Crippen LogP contribution in [0.4, 0.5) is 22.0 Å². The maximum absolute atomic E-state index is 14.5. The number of aryl methyl sites for hydroxylation is 1. The van der Waals surface area contributed by atoms with Crippen molar-refractivity contribution in [1.29, 1.82) is 0 Å². The van der Waals surface area contributed by atoms with Crippen LogP contribution in [-0.4, -0.2) is 55.2 Å². The molecule has 0 aromatic heterocycles. The number of fused-ring (bicyclic) bond motifs is 1. The summed E-state index contributed by atoms with van der Waals surface area (Å²) in [4.78, 5) is 2.32. The predicted octanol–water partition coefficient (Wildman–Crippen LogP) is 8.48. The Morgan fingerprint density at radius 1 is 0.907 bits per heavy atom. The molecule has 4 nitrogen and oxygen atoms in total. The van der Waals surface area contributed by atoms with E-state index in [1.165, 1.54) is 24.3 Å². The van der Waals surface area contributed by atoms with Crippen LogP contribution in [-0.2, 0) is 16.3 Å². The minimum atomic E-state index is -4.33. The summed E-state index contributed by atoms with van der Waals surface area (Å²) in [6.45, 7) is 1.76. The second-order valence-corrected chi connectivity index (χ2v) is 14.2. The number of phenolic OH excluding ortho intramolecular Hbond substituents is 1. The molecule has 1 heterocycles. The number of rotatable bonds is 14. The van der Waals surface area contributed by atoms with Gasteiger partial charge in [-0.1, -0.05) is 25.0 Å². The Balaban J connectivity index is 1.29. The molecule has 0 bridgehead atoms. The van der Waals surface area contributed by atoms with Crippen LogP contribution in [0, 0.1) is 11.6 Å². The molecule has 1 aliphatic carbocycles. The molecular formula is C33H42F5NO3S. The van der Waals surface area contributed by atoms with Crippen molar-refractivity contribution < 1.29 is 35.5 Å². The molecule has 0 amide bonds. The Morgan fingerprint density at radius 2 is 1.65 bits per heavy atom. The Morgan fingerprint density at radius 3 is 2.40 bits per heavy atom. The number of unbranched alkanes of at least 4 members (excludes halogenated alkanes) is 3. The first-order chi connectivity index (χ1) is 20.4. The number of phenols is 1. The third-order valence-electron chi connectivity index (χ3n) is 8.73. The Hall–Kier alpha value is -2.46. The van der Waals surface area contributed by atoms with Gasteiger partial charge in [0.15, 0.2) is 11.6 Å². The standard InChI is InChI=1S/C33H42F5NO3S/c34-26-14-12-24(13-15-26)28-11-5-8-25-22-32(40)31(35)23-30(25)29(28)10-3-1-2-4-18-39-19-6-9-27(39)16-21-43(41,42)20-7-17-33(36,37)38/h12-15,22-23,27,40H,1-11,16-21H2/t27-/m0/s1.